The zero-order valence-electron chi connectivity index (χ0n) is 14.9. The van der Waals surface area contributed by atoms with Crippen molar-refractivity contribution in [2.45, 2.75) is 0 Å². The highest BCUT2D eigenvalue weighted by molar-refractivity contribution is 5.78. The lowest BCUT2D eigenvalue weighted by Crippen LogP contribution is -2.15. The minimum absolute atomic E-state index is 0.752. The summed E-state index contributed by atoms with van der Waals surface area (Å²) >= 11 is 0. The highest BCUT2D eigenvalue weighted by atomic mass is 14.8. The van der Waals surface area contributed by atoms with Crippen LogP contribution in [0.1, 0.15) is 22.8 Å². The van der Waals surface area contributed by atoms with Gasteiger partial charge in [-0.25, -0.2) is 0 Å². The number of aromatic amines is 4. The standard InChI is InChI=1S/C24H16N4/c1-3-19-21-9-7-17(26-21)13-15-5-6-16(25-15)14-18-8-10-22(27-18)20(4-2)24-12-11-23(19)28-24/h1-2,5-14,25-28H. The van der Waals surface area contributed by atoms with Crippen LogP contribution in [0.3, 0.4) is 0 Å². The molecule has 0 aliphatic carbocycles. The Morgan fingerprint density at radius 3 is 1.50 bits per heavy atom. The number of H-pyrrole nitrogens is 4. The molecule has 0 atom stereocenters. The molecule has 132 valence electrons. The minimum atomic E-state index is 0.752. The summed E-state index contributed by atoms with van der Waals surface area (Å²) in [4.78, 5) is 13.5. The van der Waals surface area contributed by atoms with E-state index < -0.39 is 0 Å². The molecule has 0 fully saturated rings. The maximum absolute atomic E-state index is 5.82. The predicted octanol–water partition coefficient (Wildman–Crippen LogP) is 0.634. The average molecular weight is 360 g/mol. The fraction of sp³-hybridized carbons (Fsp3) is 0. The number of fused-ring (bicyclic) bond motifs is 8. The third kappa shape index (κ3) is 2.61. The number of aromatic nitrogens is 4. The van der Waals surface area contributed by atoms with E-state index in [1.54, 1.807) is 0 Å². The Morgan fingerprint density at radius 1 is 0.536 bits per heavy atom. The Kier molecular flexibility index (Phi) is 3.50. The summed E-state index contributed by atoms with van der Waals surface area (Å²) in [6, 6.07) is 16.0. The van der Waals surface area contributed by atoms with Gasteiger partial charge in [0.25, 0.3) is 0 Å². The molecule has 0 spiro atoms. The summed E-state index contributed by atoms with van der Waals surface area (Å²) in [5.74, 6) is 5.58. The first-order valence-corrected chi connectivity index (χ1v) is 8.87. The predicted molar refractivity (Wildman–Crippen MR) is 111 cm³/mol. The van der Waals surface area contributed by atoms with Crippen LogP contribution in [0.2, 0.25) is 0 Å². The molecule has 5 heterocycles. The van der Waals surface area contributed by atoms with Crippen LogP contribution < -0.4 is 21.4 Å². The summed E-state index contributed by atoms with van der Waals surface area (Å²) in [5.41, 5.74) is 5.18. The Bertz CT molecular complexity index is 1420. The van der Waals surface area contributed by atoms with Crippen molar-refractivity contribution >= 4 is 23.3 Å². The summed E-state index contributed by atoms with van der Waals surface area (Å²) in [7, 11) is 0. The number of hydrogen-bond acceptors (Lipinski definition) is 0. The average Bonchev–Trinajstić information content (AvgIpc) is 3.46. The third-order valence-electron chi connectivity index (χ3n) is 4.82. The first-order chi connectivity index (χ1) is 13.7. The van der Waals surface area contributed by atoms with Crippen molar-refractivity contribution in [2.75, 3.05) is 0 Å². The molecule has 0 saturated heterocycles. The van der Waals surface area contributed by atoms with E-state index in [1.165, 1.54) is 0 Å². The van der Waals surface area contributed by atoms with Crippen LogP contribution in [-0.4, -0.2) is 19.9 Å². The maximum Gasteiger partial charge on any atom is 0.0712 e. The zero-order valence-corrected chi connectivity index (χ0v) is 14.9. The summed E-state index contributed by atoms with van der Waals surface area (Å²) in [6.45, 7) is 0. The lowest BCUT2D eigenvalue weighted by Gasteiger charge is -1.97. The molecule has 4 N–H and O–H groups in total. The van der Waals surface area contributed by atoms with Crippen LogP contribution in [0.4, 0.5) is 0 Å². The van der Waals surface area contributed by atoms with Crippen LogP contribution in [-0.2, 0) is 0 Å². The van der Waals surface area contributed by atoms with E-state index in [0.717, 1.165) is 55.3 Å². The molecule has 28 heavy (non-hydrogen) atoms. The van der Waals surface area contributed by atoms with Crippen molar-refractivity contribution in [3.8, 4) is 24.7 Å². The molecule has 1 aliphatic rings. The van der Waals surface area contributed by atoms with Crippen LogP contribution >= 0.6 is 0 Å². The highest BCUT2D eigenvalue weighted by Gasteiger charge is 2.07. The first kappa shape index (κ1) is 15.9. The van der Waals surface area contributed by atoms with E-state index >= 15 is 0 Å². The van der Waals surface area contributed by atoms with Gasteiger partial charge in [0.15, 0.2) is 0 Å². The Morgan fingerprint density at radius 2 is 1.04 bits per heavy atom. The molecule has 1 aliphatic heterocycles. The van der Waals surface area contributed by atoms with Gasteiger partial charge in [-0.1, -0.05) is 11.8 Å². The molecule has 5 rings (SSSR count). The van der Waals surface area contributed by atoms with Gasteiger partial charge in [0, 0.05) is 22.1 Å². The fourth-order valence-corrected chi connectivity index (χ4v) is 3.50. The Balaban J connectivity index is 1.90. The van der Waals surface area contributed by atoms with Gasteiger partial charge in [-0.2, -0.15) is 0 Å². The summed E-state index contributed by atoms with van der Waals surface area (Å²) in [5, 5.41) is 3.68. The third-order valence-corrected chi connectivity index (χ3v) is 4.82. The van der Waals surface area contributed by atoms with Crippen LogP contribution in [0, 0.1) is 24.7 Å². The van der Waals surface area contributed by atoms with E-state index in [-0.39, 0.29) is 0 Å². The van der Waals surface area contributed by atoms with Crippen molar-refractivity contribution in [3.05, 3.63) is 92.7 Å². The first-order valence-electron chi connectivity index (χ1n) is 8.87. The van der Waals surface area contributed by atoms with Gasteiger partial charge in [0.1, 0.15) is 0 Å². The van der Waals surface area contributed by atoms with Crippen molar-refractivity contribution in [1.29, 1.82) is 0 Å². The van der Waals surface area contributed by atoms with E-state index in [0.29, 0.717) is 0 Å². The molecule has 0 aromatic carbocycles. The second-order valence-electron chi connectivity index (χ2n) is 6.64. The molecule has 4 aromatic heterocycles. The normalized spacial score (nSPS) is 12.6. The molecule has 4 heteroatoms. The largest absolute Gasteiger partial charge is 0.355 e. The van der Waals surface area contributed by atoms with Crippen LogP contribution in [0.25, 0.3) is 23.3 Å². The molecule has 0 unspecified atom stereocenters. The molecular weight excluding hydrogens is 344 g/mol. The number of rotatable bonds is 0. The number of hydrogen-bond donors (Lipinski definition) is 4. The van der Waals surface area contributed by atoms with E-state index in [9.17, 15) is 0 Å². The van der Waals surface area contributed by atoms with Crippen molar-refractivity contribution in [2.24, 2.45) is 0 Å². The smallest absolute Gasteiger partial charge is 0.0712 e. The molecule has 0 amide bonds. The van der Waals surface area contributed by atoms with Gasteiger partial charge in [-0.15, -0.1) is 12.8 Å². The zero-order chi connectivity index (χ0) is 19.1. The Labute approximate surface area is 161 Å². The van der Waals surface area contributed by atoms with E-state index in [4.69, 9.17) is 12.8 Å². The SMILES string of the molecule is C#CC1=c2ccc([nH]2)=C(C#C)c2ccc([nH]2)C=c2ccc([nH]2)=Cc2ccc1[nH]2. The van der Waals surface area contributed by atoms with Gasteiger partial charge in [-0.3, -0.25) is 0 Å². The second-order valence-corrected chi connectivity index (χ2v) is 6.64. The summed E-state index contributed by atoms with van der Waals surface area (Å²) < 4.78 is 0. The lowest BCUT2D eigenvalue weighted by molar-refractivity contribution is 1.22. The molecular formula is C24H16N4. The monoisotopic (exact) mass is 360 g/mol. The fourth-order valence-electron chi connectivity index (χ4n) is 3.50. The second kappa shape index (κ2) is 6.16. The molecule has 0 radical (unpaired) electrons. The molecule has 8 bridgehead atoms. The summed E-state index contributed by atoms with van der Waals surface area (Å²) in [6.07, 6.45) is 15.7. The Hall–Kier alpha value is -4.28. The molecule has 0 saturated carbocycles. The van der Waals surface area contributed by atoms with Crippen molar-refractivity contribution in [3.63, 3.8) is 0 Å². The van der Waals surface area contributed by atoms with Crippen LogP contribution in [0.15, 0.2) is 48.5 Å². The quantitative estimate of drug-likeness (QED) is 0.333. The van der Waals surface area contributed by atoms with Crippen molar-refractivity contribution < 1.29 is 0 Å². The maximum atomic E-state index is 5.82. The topological polar surface area (TPSA) is 63.2 Å². The molecule has 4 nitrogen and oxygen atoms in total. The van der Waals surface area contributed by atoms with Gasteiger partial charge in [0.05, 0.1) is 33.2 Å². The van der Waals surface area contributed by atoms with Gasteiger partial charge < -0.3 is 19.9 Å². The van der Waals surface area contributed by atoms with Gasteiger partial charge in [-0.05, 0) is 60.7 Å². The van der Waals surface area contributed by atoms with Gasteiger partial charge >= 0.3 is 0 Å². The number of nitrogens with one attached hydrogen (secondary N) is 4. The highest BCUT2D eigenvalue weighted by Crippen LogP contribution is 2.12. The molecule has 4 aromatic rings. The van der Waals surface area contributed by atoms with Gasteiger partial charge in [0.2, 0.25) is 0 Å². The number of terminal acetylenes is 2. The van der Waals surface area contributed by atoms with Crippen LogP contribution in [0.5, 0.6) is 0 Å². The lowest BCUT2D eigenvalue weighted by atomic mass is 10.2. The van der Waals surface area contributed by atoms with E-state index in [1.807, 2.05) is 60.7 Å². The van der Waals surface area contributed by atoms with E-state index in [2.05, 4.69) is 31.8 Å². The van der Waals surface area contributed by atoms with Crippen molar-refractivity contribution in [1.82, 2.24) is 19.9 Å². The minimum Gasteiger partial charge on any atom is -0.355 e.